The van der Waals surface area contributed by atoms with Crippen LogP contribution in [0.2, 0.25) is 0 Å². The van der Waals surface area contributed by atoms with Crippen molar-refractivity contribution in [2.24, 2.45) is 0 Å². The fourth-order valence-corrected chi connectivity index (χ4v) is 7.36. The summed E-state index contributed by atoms with van der Waals surface area (Å²) in [5, 5.41) is 9.02. The molecule has 0 saturated carbocycles. The number of para-hydroxylation sites is 1. The molecule has 2 saturated heterocycles. The van der Waals surface area contributed by atoms with Crippen LogP contribution in [0.15, 0.2) is 83.8 Å². The number of fused-ring (bicyclic) bond motifs is 4. The van der Waals surface area contributed by atoms with Gasteiger partial charge in [-0.25, -0.2) is 8.42 Å². The molecule has 0 radical (unpaired) electrons. The summed E-state index contributed by atoms with van der Waals surface area (Å²) in [6, 6.07) is 20.6. The standard InChI is InChI=1S/C35H39N5O7S/c1-48(45,46)29-13-11-23(12-14-29)19-39-20-26-17-31(39)35(44)40-21-27(38-33(42)22-47-28-9-3-2-4-10-28)16-30(40)34(43)36-18-25-8-6-5-7-24(25)15-32(41)37-26/h2-14,26-27,30-31H,15-22H2,1H3,(H,36,43)(H,37,41)(H,38,42)/t26-,27+,30+,31+/m1/s1. The van der Waals surface area contributed by atoms with Gasteiger partial charge >= 0.3 is 0 Å². The minimum absolute atomic E-state index is 0.128. The first kappa shape index (κ1) is 33.2. The molecule has 6 rings (SSSR count). The van der Waals surface area contributed by atoms with Crippen molar-refractivity contribution in [2.75, 3.05) is 26.0 Å². The maximum atomic E-state index is 14.4. The number of carbonyl (C=O) groups is 4. The minimum Gasteiger partial charge on any atom is -0.484 e. The summed E-state index contributed by atoms with van der Waals surface area (Å²) in [7, 11) is -3.37. The average Bonchev–Trinajstić information content (AvgIpc) is 3.66. The maximum Gasteiger partial charge on any atom is 0.258 e. The Morgan fingerprint density at radius 1 is 0.896 bits per heavy atom. The predicted octanol–water partition coefficient (Wildman–Crippen LogP) is 1.19. The number of hydrogen-bond acceptors (Lipinski definition) is 8. The Kier molecular flexibility index (Phi) is 9.78. The monoisotopic (exact) mass is 673 g/mol. The van der Waals surface area contributed by atoms with Gasteiger partial charge in [-0.3, -0.25) is 24.1 Å². The van der Waals surface area contributed by atoms with Gasteiger partial charge in [-0.2, -0.15) is 0 Å². The van der Waals surface area contributed by atoms with Crippen molar-refractivity contribution in [2.45, 2.75) is 61.4 Å². The van der Waals surface area contributed by atoms with Crippen LogP contribution in [-0.4, -0.2) is 92.0 Å². The molecule has 3 N–H and O–H groups in total. The third kappa shape index (κ3) is 7.85. The molecule has 252 valence electrons. The summed E-state index contributed by atoms with van der Waals surface area (Å²) < 4.78 is 29.6. The predicted molar refractivity (Wildman–Crippen MR) is 176 cm³/mol. The molecule has 0 aliphatic carbocycles. The number of likely N-dealkylation sites (tertiary alicyclic amines) is 1. The Morgan fingerprint density at radius 3 is 2.33 bits per heavy atom. The van der Waals surface area contributed by atoms with E-state index in [9.17, 15) is 27.6 Å². The van der Waals surface area contributed by atoms with Crippen molar-refractivity contribution < 1.29 is 32.3 Å². The number of hydrogen-bond donors (Lipinski definition) is 3. The van der Waals surface area contributed by atoms with Crippen LogP contribution < -0.4 is 20.7 Å². The van der Waals surface area contributed by atoms with E-state index in [2.05, 4.69) is 16.0 Å². The van der Waals surface area contributed by atoms with Crippen LogP contribution in [0.5, 0.6) is 5.75 Å². The lowest BCUT2D eigenvalue weighted by atomic mass is 10.0. The molecule has 0 spiro atoms. The molecule has 2 bridgehead atoms. The second-order valence-corrected chi connectivity index (χ2v) is 14.6. The minimum atomic E-state index is -3.37. The highest BCUT2D eigenvalue weighted by atomic mass is 32.2. The highest BCUT2D eigenvalue weighted by molar-refractivity contribution is 7.90. The van der Waals surface area contributed by atoms with Crippen molar-refractivity contribution in [3.05, 3.63) is 95.6 Å². The smallest absolute Gasteiger partial charge is 0.258 e. The molecule has 12 nitrogen and oxygen atoms in total. The number of amides is 4. The number of rotatable bonds is 7. The topological polar surface area (TPSA) is 154 Å². The largest absolute Gasteiger partial charge is 0.484 e. The summed E-state index contributed by atoms with van der Waals surface area (Å²) in [6.07, 6.45) is 1.84. The number of carbonyl (C=O) groups excluding carboxylic acids is 4. The lowest BCUT2D eigenvalue weighted by Crippen LogP contribution is -2.52. The fraction of sp³-hybridized carbons (Fsp3) is 0.371. The number of sulfone groups is 1. The van der Waals surface area contributed by atoms with Crippen LogP contribution in [-0.2, 0) is 48.5 Å². The van der Waals surface area contributed by atoms with E-state index in [-0.39, 0.29) is 67.1 Å². The molecule has 3 aromatic carbocycles. The van der Waals surface area contributed by atoms with Crippen LogP contribution in [0.4, 0.5) is 0 Å². The van der Waals surface area contributed by atoms with Gasteiger partial charge in [0.05, 0.1) is 17.4 Å². The Bertz CT molecular complexity index is 1780. The van der Waals surface area contributed by atoms with Crippen molar-refractivity contribution >= 4 is 33.5 Å². The maximum absolute atomic E-state index is 14.4. The van der Waals surface area contributed by atoms with Gasteiger partial charge in [0.2, 0.25) is 17.7 Å². The number of ether oxygens (including phenoxy) is 1. The van der Waals surface area contributed by atoms with E-state index in [1.807, 2.05) is 47.4 Å². The SMILES string of the molecule is CS(=O)(=O)c1ccc(CN2C[C@H]3C[C@H]2C(=O)N2C[C@@H](NC(=O)COc4ccccc4)C[C@H]2C(=O)NCc2ccccc2CC(=O)N3)cc1. The van der Waals surface area contributed by atoms with E-state index < -0.39 is 28.0 Å². The molecule has 3 aliphatic heterocycles. The van der Waals surface area contributed by atoms with Gasteiger partial charge in [-0.1, -0.05) is 54.6 Å². The van der Waals surface area contributed by atoms with Gasteiger partial charge in [0, 0.05) is 44.5 Å². The van der Waals surface area contributed by atoms with Crippen LogP contribution in [0.25, 0.3) is 0 Å². The summed E-state index contributed by atoms with van der Waals surface area (Å²) in [6.45, 7) is 0.828. The fourth-order valence-electron chi connectivity index (χ4n) is 6.73. The van der Waals surface area contributed by atoms with Crippen LogP contribution in [0.3, 0.4) is 0 Å². The first-order valence-electron chi connectivity index (χ1n) is 16.0. The summed E-state index contributed by atoms with van der Waals surface area (Å²) >= 11 is 0. The second kappa shape index (κ2) is 14.2. The number of nitrogens with one attached hydrogen (secondary N) is 3. The van der Waals surface area contributed by atoms with Gasteiger partial charge in [0.15, 0.2) is 16.4 Å². The Balaban J connectivity index is 1.25. The lowest BCUT2D eigenvalue weighted by molar-refractivity contribution is -0.142. The Hall–Kier alpha value is -4.75. The van der Waals surface area contributed by atoms with Gasteiger partial charge in [-0.05, 0) is 53.8 Å². The number of benzene rings is 3. The van der Waals surface area contributed by atoms with Crippen LogP contribution >= 0.6 is 0 Å². The van der Waals surface area contributed by atoms with E-state index in [1.54, 1.807) is 41.3 Å². The molecular formula is C35H39N5O7S. The molecule has 0 unspecified atom stereocenters. The quantitative estimate of drug-likeness (QED) is 0.338. The molecule has 48 heavy (non-hydrogen) atoms. The molecule has 3 aliphatic rings. The summed E-state index contributed by atoms with van der Waals surface area (Å²) in [5.74, 6) is -0.593. The summed E-state index contributed by atoms with van der Waals surface area (Å²) in [5.41, 5.74) is 2.41. The average molecular weight is 674 g/mol. The third-order valence-corrected chi connectivity index (χ3v) is 10.2. The normalized spacial score (nSPS) is 23.4. The molecule has 4 amide bonds. The molecular weight excluding hydrogens is 634 g/mol. The van der Waals surface area contributed by atoms with Crippen LogP contribution in [0.1, 0.15) is 29.5 Å². The van der Waals surface area contributed by atoms with E-state index in [1.165, 1.54) is 0 Å². The molecule has 3 heterocycles. The highest BCUT2D eigenvalue weighted by Gasteiger charge is 2.46. The Labute approximate surface area is 279 Å². The summed E-state index contributed by atoms with van der Waals surface area (Å²) in [4.78, 5) is 57.9. The van der Waals surface area contributed by atoms with E-state index in [0.717, 1.165) is 22.9 Å². The van der Waals surface area contributed by atoms with Crippen molar-refractivity contribution in [1.29, 1.82) is 0 Å². The van der Waals surface area contributed by atoms with Crippen molar-refractivity contribution in [1.82, 2.24) is 25.8 Å². The van der Waals surface area contributed by atoms with Gasteiger partial charge in [0.1, 0.15) is 11.8 Å². The van der Waals surface area contributed by atoms with Crippen molar-refractivity contribution in [3.8, 4) is 5.75 Å². The third-order valence-electron chi connectivity index (χ3n) is 9.08. The lowest BCUT2D eigenvalue weighted by Gasteiger charge is -2.31. The number of nitrogens with zero attached hydrogens (tertiary/aromatic N) is 2. The van der Waals surface area contributed by atoms with Crippen molar-refractivity contribution in [3.63, 3.8) is 0 Å². The zero-order valence-corrected chi connectivity index (χ0v) is 27.4. The van der Waals surface area contributed by atoms with E-state index in [4.69, 9.17) is 4.74 Å². The van der Waals surface area contributed by atoms with Gasteiger partial charge in [0.25, 0.3) is 5.91 Å². The van der Waals surface area contributed by atoms with Gasteiger partial charge < -0.3 is 25.6 Å². The molecule has 4 atom stereocenters. The second-order valence-electron chi connectivity index (χ2n) is 12.6. The molecule has 13 heteroatoms. The van der Waals surface area contributed by atoms with E-state index in [0.29, 0.717) is 25.3 Å². The highest BCUT2D eigenvalue weighted by Crippen LogP contribution is 2.28. The zero-order valence-electron chi connectivity index (χ0n) is 26.6. The first-order valence-corrected chi connectivity index (χ1v) is 17.9. The molecule has 0 aromatic heterocycles. The van der Waals surface area contributed by atoms with E-state index >= 15 is 0 Å². The zero-order chi connectivity index (χ0) is 33.8. The molecule has 3 aromatic rings. The van der Waals surface area contributed by atoms with Gasteiger partial charge in [-0.15, -0.1) is 0 Å². The molecule has 2 fully saturated rings. The first-order chi connectivity index (χ1) is 23.0. The Morgan fingerprint density at radius 2 is 1.60 bits per heavy atom. The van der Waals surface area contributed by atoms with Crippen LogP contribution in [0, 0.1) is 0 Å².